The lowest BCUT2D eigenvalue weighted by molar-refractivity contribution is -0.115. The summed E-state index contributed by atoms with van der Waals surface area (Å²) in [4.78, 5) is 12.4. The number of amides is 1. The van der Waals surface area contributed by atoms with Crippen LogP contribution in [0, 0.1) is 0 Å². The Bertz CT molecular complexity index is 678. The molecule has 0 aliphatic rings. The summed E-state index contributed by atoms with van der Waals surface area (Å²) in [5, 5.41) is 2.68. The lowest BCUT2D eigenvalue weighted by atomic mass is 10.2. The molecule has 1 unspecified atom stereocenters. The Hall–Kier alpha value is -2.34. The first-order valence-corrected chi connectivity index (χ1v) is 9.01. The molecule has 134 valence electrons. The highest BCUT2D eigenvalue weighted by molar-refractivity contribution is 8.00. The molecule has 1 N–H and O–H groups in total. The fourth-order valence-corrected chi connectivity index (χ4v) is 2.87. The summed E-state index contributed by atoms with van der Waals surface area (Å²) >= 11 is 1.54. The van der Waals surface area contributed by atoms with E-state index < -0.39 is 0 Å². The van der Waals surface area contributed by atoms with E-state index in [1.165, 1.54) is 11.8 Å². The molecule has 0 aliphatic heterocycles. The van der Waals surface area contributed by atoms with Gasteiger partial charge in [0.05, 0.1) is 31.8 Å². The van der Waals surface area contributed by atoms with E-state index in [9.17, 15) is 4.79 Å². The van der Waals surface area contributed by atoms with E-state index in [1.807, 2.05) is 37.3 Å². The molecular formula is C19H23NO4S. The molecule has 0 saturated carbocycles. The van der Waals surface area contributed by atoms with E-state index in [0.29, 0.717) is 23.8 Å². The van der Waals surface area contributed by atoms with Crippen molar-refractivity contribution in [1.29, 1.82) is 0 Å². The van der Waals surface area contributed by atoms with Crippen LogP contribution >= 0.6 is 11.8 Å². The van der Waals surface area contributed by atoms with Crippen molar-refractivity contribution < 1.29 is 19.0 Å². The van der Waals surface area contributed by atoms with E-state index in [2.05, 4.69) is 5.32 Å². The van der Waals surface area contributed by atoms with E-state index in [1.54, 1.807) is 32.4 Å². The van der Waals surface area contributed by atoms with Crippen molar-refractivity contribution in [3.05, 3.63) is 48.5 Å². The number of para-hydroxylation sites is 1. The van der Waals surface area contributed by atoms with Gasteiger partial charge in [-0.05, 0) is 31.2 Å². The summed E-state index contributed by atoms with van der Waals surface area (Å²) in [5.74, 6) is 2.72. The van der Waals surface area contributed by atoms with Crippen LogP contribution in [0.25, 0.3) is 0 Å². The van der Waals surface area contributed by atoms with Crippen LogP contribution in [-0.2, 0) is 4.79 Å². The maximum atomic E-state index is 12.4. The number of anilines is 1. The summed E-state index contributed by atoms with van der Waals surface area (Å²) in [7, 11) is 3.15. The number of methoxy groups -OCH3 is 2. The van der Waals surface area contributed by atoms with Gasteiger partial charge < -0.3 is 19.5 Å². The van der Waals surface area contributed by atoms with Gasteiger partial charge in [0.1, 0.15) is 17.2 Å². The summed E-state index contributed by atoms with van der Waals surface area (Å²) in [6.07, 6.45) is 0. The van der Waals surface area contributed by atoms with E-state index >= 15 is 0 Å². The molecule has 5 nitrogen and oxygen atoms in total. The molecule has 6 heteroatoms. The molecule has 25 heavy (non-hydrogen) atoms. The number of hydrogen-bond acceptors (Lipinski definition) is 5. The van der Waals surface area contributed by atoms with Crippen LogP contribution in [0.2, 0.25) is 0 Å². The van der Waals surface area contributed by atoms with Gasteiger partial charge in [-0.15, -0.1) is 11.8 Å². The highest BCUT2D eigenvalue weighted by atomic mass is 32.2. The van der Waals surface area contributed by atoms with Crippen molar-refractivity contribution in [3.63, 3.8) is 0 Å². The Balaban J connectivity index is 1.82. The van der Waals surface area contributed by atoms with Gasteiger partial charge in [-0.25, -0.2) is 0 Å². The third kappa shape index (κ3) is 5.90. The molecule has 0 heterocycles. The van der Waals surface area contributed by atoms with Crippen molar-refractivity contribution in [2.45, 2.75) is 12.2 Å². The van der Waals surface area contributed by atoms with Gasteiger partial charge in [0, 0.05) is 11.8 Å². The lowest BCUT2D eigenvalue weighted by Gasteiger charge is -2.15. The Morgan fingerprint density at radius 1 is 1.08 bits per heavy atom. The van der Waals surface area contributed by atoms with Crippen molar-refractivity contribution >= 4 is 23.4 Å². The summed E-state index contributed by atoms with van der Waals surface area (Å²) in [5.41, 5.74) is 0.597. The maximum Gasteiger partial charge on any atom is 0.237 e. The van der Waals surface area contributed by atoms with Crippen LogP contribution < -0.4 is 19.5 Å². The standard InChI is InChI=1S/C19H23NO4S/c1-14(25-12-11-24-15-7-5-4-6-8-15)19(21)20-17-13-16(22-2)9-10-18(17)23-3/h4-10,13-14H,11-12H2,1-3H3,(H,20,21). The Morgan fingerprint density at radius 3 is 2.52 bits per heavy atom. The highest BCUT2D eigenvalue weighted by Crippen LogP contribution is 2.29. The second-order valence-electron chi connectivity index (χ2n) is 5.23. The molecule has 1 atom stereocenters. The Labute approximate surface area is 152 Å². The molecule has 2 rings (SSSR count). The molecule has 0 aromatic heterocycles. The molecule has 0 fully saturated rings. The molecule has 0 spiro atoms. The van der Waals surface area contributed by atoms with Crippen LogP contribution in [0.5, 0.6) is 17.2 Å². The number of thioether (sulfide) groups is 1. The van der Waals surface area contributed by atoms with Gasteiger partial charge in [-0.1, -0.05) is 18.2 Å². The molecule has 0 radical (unpaired) electrons. The van der Waals surface area contributed by atoms with Gasteiger partial charge in [0.2, 0.25) is 5.91 Å². The first kappa shape index (κ1) is 19.0. The van der Waals surface area contributed by atoms with E-state index in [-0.39, 0.29) is 11.2 Å². The summed E-state index contributed by atoms with van der Waals surface area (Å²) < 4.78 is 16.1. The van der Waals surface area contributed by atoms with Gasteiger partial charge >= 0.3 is 0 Å². The smallest absolute Gasteiger partial charge is 0.237 e. The third-order valence-electron chi connectivity index (χ3n) is 3.50. The minimum absolute atomic E-state index is 0.0868. The maximum absolute atomic E-state index is 12.4. The van der Waals surface area contributed by atoms with E-state index in [4.69, 9.17) is 14.2 Å². The number of ether oxygens (including phenoxy) is 3. The number of carbonyl (C=O) groups excluding carboxylic acids is 1. The molecule has 0 saturated heterocycles. The SMILES string of the molecule is COc1ccc(OC)c(NC(=O)C(C)SCCOc2ccccc2)c1. The number of hydrogen-bond donors (Lipinski definition) is 1. The van der Waals surface area contributed by atoms with Gasteiger partial charge in [0.25, 0.3) is 0 Å². The van der Waals surface area contributed by atoms with Crippen LogP contribution in [0.3, 0.4) is 0 Å². The van der Waals surface area contributed by atoms with Crippen LogP contribution in [0.1, 0.15) is 6.92 Å². The van der Waals surface area contributed by atoms with Gasteiger partial charge in [-0.3, -0.25) is 4.79 Å². The molecular weight excluding hydrogens is 338 g/mol. The zero-order chi connectivity index (χ0) is 18.1. The zero-order valence-electron chi connectivity index (χ0n) is 14.7. The molecule has 1 amide bonds. The number of nitrogens with one attached hydrogen (secondary N) is 1. The van der Waals surface area contributed by atoms with Crippen LogP contribution in [-0.4, -0.2) is 37.7 Å². The minimum atomic E-state index is -0.213. The largest absolute Gasteiger partial charge is 0.497 e. The zero-order valence-corrected chi connectivity index (χ0v) is 15.5. The first-order valence-electron chi connectivity index (χ1n) is 7.96. The molecule has 2 aromatic carbocycles. The lowest BCUT2D eigenvalue weighted by Crippen LogP contribution is -2.23. The Morgan fingerprint density at radius 2 is 1.84 bits per heavy atom. The van der Waals surface area contributed by atoms with Crippen molar-refractivity contribution in [2.24, 2.45) is 0 Å². The van der Waals surface area contributed by atoms with Crippen LogP contribution in [0.4, 0.5) is 5.69 Å². The number of rotatable bonds is 9. The predicted molar refractivity (Wildman–Crippen MR) is 102 cm³/mol. The fourth-order valence-electron chi connectivity index (χ4n) is 2.12. The molecule has 0 aliphatic carbocycles. The average Bonchev–Trinajstić information content (AvgIpc) is 2.65. The second-order valence-corrected chi connectivity index (χ2v) is 6.68. The topological polar surface area (TPSA) is 56.8 Å². The van der Waals surface area contributed by atoms with Gasteiger partial charge in [-0.2, -0.15) is 0 Å². The second kappa shape index (κ2) is 9.84. The van der Waals surface area contributed by atoms with Crippen LogP contribution in [0.15, 0.2) is 48.5 Å². The van der Waals surface area contributed by atoms with Crippen molar-refractivity contribution in [1.82, 2.24) is 0 Å². The number of benzene rings is 2. The Kier molecular flexibility index (Phi) is 7.47. The van der Waals surface area contributed by atoms with Gasteiger partial charge in [0.15, 0.2) is 0 Å². The molecule has 2 aromatic rings. The van der Waals surface area contributed by atoms with Crippen molar-refractivity contribution in [3.8, 4) is 17.2 Å². The molecule has 0 bridgehead atoms. The number of carbonyl (C=O) groups is 1. The highest BCUT2D eigenvalue weighted by Gasteiger charge is 2.16. The normalized spacial score (nSPS) is 11.5. The average molecular weight is 361 g/mol. The minimum Gasteiger partial charge on any atom is -0.497 e. The quantitative estimate of drug-likeness (QED) is 0.688. The monoisotopic (exact) mass is 361 g/mol. The van der Waals surface area contributed by atoms with Crippen molar-refractivity contribution in [2.75, 3.05) is 31.9 Å². The van der Waals surface area contributed by atoms with E-state index in [0.717, 1.165) is 11.5 Å². The predicted octanol–water partition coefficient (Wildman–Crippen LogP) is 3.84. The fraction of sp³-hybridized carbons (Fsp3) is 0.316. The third-order valence-corrected chi connectivity index (χ3v) is 4.61. The summed E-state index contributed by atoms with van der Waals surface area (Å²) in [6.45, 7) is 2.42. The first-order chi connectivity index (χ1) is 12.1. The summed E-state index contributed by atoms with van der Waals surface area (Å²) in [6, 6.07) is 14.9.